The number of amides is 1. The second-order valence-electron chi connectivity index (χ2n) is 3.75. The number of rotatable bonds is 4. The molecule has 2 aromatic heterocycles. The quantitative estimate of drug-likeness (QED) is 0.934. The van der Waals surface area contributed by atoms with Gasteiger partial charge in [0.15, 0.2) is 11.0 Å². The molecule has 2 rings (SSSR count). The summed E-state index contributed by atoms with van der Waals surface area (Å²) in [7, 11) is 0. The molecule has 0 aliphatic heterocycles. The van der Waals surface area contributed by atoms with E-state index in [1.165, 1.54) is 4.88 Å². The molecule has 0 aliphatic carbocycles. The van der Waals surface area contributed by atoms with E-state index in [1.54, 1.807) is 23.5 Å². The monoisotopic (exact) mass is 281 g/mol. The first-order valence-electron chi connectivity index (χ1n) is 5.57. The van der Waals surface area contributed by atoms with E-state index in [0.717, 1.165) is 12.8 Å². The van der Waals surface area contributed by atoms with Gasteiger partial charge in [0.1, 0.15) is 0 Å². The van der Waals surface area contributed by atoms with Crippen molar-refractivity contribution in [1.82, 2.24) is 10.2 Å². The van der Waals surface area contributed by atoms with Crippen molar-refractivity contribution in [1.29, 1.82) is 0 Å². The molecule has 6 heteroatoms. The number of hydrogen-bond donors (Lipinski definition) is 1. The van der Waals surface area contributed by atoms with Gasteiger partial charge in [-0.15, -0.1) is 21.5 Å². The van der Waals surface area contributed by atoms with E-state index in [0.29, 0.717) is 16.5 Å². The second-order valence-corrected chi connectivity index (χ2v) is 5.13. The number of anilines is 1. The third kappa shape index (κ3) is 3.27. The average molecular weight is 282 g/mol. The van der Waals surface area contributed by atoms with Gasteiger partial charge in [-0.3, -0.25) is 4.79 Å². The molecule has 0 aromatic carbocycles. The summed E-state index contributed by atoms with van der Waals surface area (Å²) in [4.78, 5) is 13.1. The summed E-state index contributed by atoms with van der Waals surface area (Å²) < 4.78 is 0. The zero-order valence-electron chi connectivity index (χ0n) is 9.81. The standard InChI is InChI=1S/C12H12ClN3OS/c1-2-3-9-6-8(7-18-9)12(17)14-11-5-4-10(13)15-16-11/h4-7H,2-3H2,1H3,(H,14,16,17). The smallest absolute Gasteiger partial charge is 0.257 e. The van der Waals surface area contributed by atoms with Crippen LogP contribution in [0.1, 0.15) is 28.6 Å². The van der Waals surface area contributed by atoms with Crippen LogP contribution in [-0.2, 0) is 6.42 Å². The highest BCUT2D eigenvalue weighted by molar-refractivity contribution is 7.10. The Bertz CT molecular complexity index is 539. The van der Waals surface area contributed by atoms with Gasteiger partial charge in [-0.1, -0.05) is 24.9 Å². The molecule has 0 saturated carbocycles. The van der Waals surface area contributed by atoms with Crippen molar-refractivity contribution in [3.63, 3.8) is 0 Å². The summed E-state index contributed by atoms with van der Waals surface area (Å²) >= 11 is 7.22. The van der Waals surface area contributed by atoms with Gasteiger partial charge >= 0.3 is 0 Å². The van der Waals surface area contributed by atoms with E-state index in [2.05, 4.69) is 22.4 Å². The van der Waals surface area contributed by atoms with E-state index < -0.39 is 0 Å². The maximum atomic E-state index is 11.9. The van der Waals surface area contributed by atoms with Crippen molar-refractivity contribution >= 4 is 34.7 Å². The topological polar surface area (TPSA) is 54.9 Å². The van der Waals surface area contributed by atoms with Crippen LogP contribution >= 0.6 is 22.9 Å². The first-order valence-corrected chi connectivity index (χ1v) is 6.83. The lowest BCUT2D eigenvalue weighted by molar-refractivity contribution is 0.102. The van der Waals surface area contributed by atoms with Crippen LogP contribution in [-0.4, -0.2) is 16.1 Å². The summed E-state index contributed by atoms with van der Waals surface area (Å²) in [6.45, 7) is 2.11. The number of hydrogen-bond acceptors (Lipinski definition) is 4. The highest BCUT2D eigenvalue weighted by atomic mass is 35.5. The highest BCUT2D eigenvalue weighted by Gasteiger charge is 2.09. The summed E-state index contributed by atoms with van der Waals surface area (Å²) in [6.07, 6.45) is 2.07. The van der Waals surface area contributed by atoms with Crippen molar-refractivity contribution in [3.05, 3.63) is 39.2 Å². The third-order valence-electron chi connectivity index (χ3n) is 2.29. The van der Waals surface area contributed by atoms with Crippen LogP contribution in [0.2, 0.25) is 5.15 Å². The van der Waals surface area contributed by atoms with Gasteiger partial charge in [0.05, 0.1) is 5.56 Å². The van der Waals surface area contributed by atoms with Crippen molar-refractivity contribution in [2.24, 2.45) is 0 Å². The van der Waals surface area contributed by atoms with Crippen LogP contribution in [0.25, 0.3) is 0 Å². The number of halogens is 1. The van der Waals surface area contributed by atoms with Gasteiger partial charge < -0.3 is 5.32 Å². The number of thiophene rings is 1. The Labute approximate surface area is 114 Å². The molecule has 18 heavy (non-hydrogen) atoms. The molecule has 0 bridgehead atoms. The van der Waals surface area contributed by atoms with Crippen molar-refractivity contribution in [2.75, 3.05) is 5.32 Å². The van der Waals surface area contributed by atoms with E-state index in [4.69, 9.17) is 11.6 Å². The van der Waals surface area contributed by atoms with E-state index in [1.807, 2.05) is 11.4 Å². The zero-order chi connectivity index (χ0) is 13.0. The molecule has 4 nitrogen and oxygen atoms in total. The Morgan fingerprint density at radius 1 is 1.44 bits per heavy atom. The fourth-order valence-electron chi connectivity index (χ4n) is 1.45. The van der Waals surface area contributed by atoms with Crippen LogP contribution in [0.3, 0.4) is 0 Å². The fourth-order valence-corrected chi connectivity index (χ4v) is 2.52. The molecule has 0 atom stereocenters. The molecule has 2 heterocycles. The van der Waals surface area contributed by atoms with Crippen LogP contribution in [0.5, 0.6) is 0 Å². The highest BCUT2D eigenvalue weighted by Crippen LogP contribution is 2.17. The first kappa shape index (κ1) is 13.0. The van der Waals surface area contributed by atoms with Crippen molar-refractivity contribution < 1.29 is 4.79 Å². The maximum absolute atomic E-state index is 11.9. The van der Waals surface area contributed by atoms with Crippen LogP contribution in [0.4, 0.5) is 5.82 Å². The minimum absolute atomic E-state index is 0.176. The predicted octanol–water partition coefficient (Wildman–Crippen LogP) is 3.40. The Morgan fingerprint density at radius 3 is 2.94 bits per heavy atom. The third-order valence-corrected chi connectivity index (χ3v) is 3.48. The minimum Gasteiger partial charge on any atom is -0.305 e. The molecule has 1 amide bonds. The van der Waals surface area contributed by atoms with Gasteiger partial charge in [-0.05, 0) is 24.6 Å². The Balaban J connectivity index is 2.04. The van der Waals surface area contributed by atoms with E-state index >= 15 is 0 Å². The summed E-state index contributed by atoms with van der Waals surface area (Å²) in [6, 6.07) is 5.11. The lowest BCUT2D eigenvalue weighted by Gasteiger charge is -2.01. The number of carbonyl (C=O) groups excluding carboxylic acids is 1. The second kappa shape index (κ2) is 5.93. The summed E-state index contributed by atoms with van der Waals surface area (Å²) in [5.41, 5.74) is 0.653. The van der Waals surface area contributed by atoms with Gasteiger partial charge in [0.25, 0.3) is 5.91 Å². The van der Waals surface area contributed by atoms with Crippen molar-refractivity contribution in [3.8, 4) is 0 Å². The molecule has 0 unspecified atom stereocenters. The van der Waals surface area contributed by atoms with Crippen LogP contribution in [0.15, 0.2) is 23.6 Å². The fraction of sp³-hybridized carbons (Fsp3) is 0.250. The molecule has 0 aliphatic rings. The number of nitrogens with zero attached hydrogens (tertiary/aromatic N) is 2. The summed E-state index contributed by atoms with van der Waals surface area (Å²) in [5, 5.41) is 12.3. The largest absolute Gasteiger partial charge is 0.305 e. The molecular formula is C12H12ClN3OS. The van der Waals surface area contributed by atoms with Gasteiger partial charge in [0.2, 0.25) is 0 Å². The molecule has 0 saturated heterocycles. The first-order chi connectivity index (χ1) is 8.69. The maximum Gasteiger partial charge on any atom is 0.257 e. The molecule has 2 aromatic rings. The number of aromatic nitrogens is 2. The predicted molar refractivity (Wildman–Crippen MR) is 73.3 cm³/mol. The molecule has 0 radical (unpaired) electrons. The number of carbonyl (C=O) groups is 1. The molecule has 0 fully saturated rings. The molecular weight excluding hydrogens is 270 g/mol. The van der Waals surface area contributed by atoms with Crippen LogP contribution in [0, 0.1) is 0 Å². The van der Waals surface area contributed by atoms with Gasteiger partial charge in [-0.2, -0.15) is 0 Å². The summed E-state index contributed by atoms with van der Waals surface area (Å²) in [5.74, 6) is 0.220. The van der Waals surface area contributed by atoms with E-state index in [9.17, 15) is 4.79 Å². The average Bonchev–Trinajstić information content (AvgIpc) is 2.81. The normalized spacial score (nSPS) is 10.3. The molecule has 0 spiro atoms. The van der Waals surface area contributed by atoms with Crippen LogP contribution < -0.4 is 5.32 Å². The number of nitrogens with one attached hydrogen (secondary N) is 1. The molecule has 1 N–H and O–H groups in total. The number of aryl methyl sites for hydroxylation is 1. The van der Waals surface area contributed by atoms with Gasteiger partial charge in [0, 0.05) is 10.3 Å². The van der Waals surface area contributed by atoms with Crippen molar-refractivity contribution in [2.45, 2.75) is 19.8 Å². The zero-order valence-corrected chi connectivity index (χ0v) is 11.4. The molecule has 94 valence electrons. The SMILES string of the molecule is CCCc1cc(C(=O)Nc2ccc(Cl)nn2)cs1. The lowest BCUT2D eigenvalue weighted by atomic mass is 10.2. The lowest BCUT2D eigenvalue weighted by Crippen LogP contribution is -2.12. The van der Waals surface area contributed by atoms with Gasteiger partial charge in [-0.25, -0.2) is 0 Å². The van der Waals surface area contributed by atoms with E-state index in [-0.39, 0.29) is 5.91 Å². The Hall–Kier alpha value is -1.46. The Morgan fingerprint density at radius 2 is 2.28 bits per heavy atom. The minimum atomic E-state index is -0.176. The Kier molecular flexibility index (Phi) is 4.28.